The van der Waals surface area contributed by atoms with Crippen molar-refractivity contribution in [2.45, 2.75) is 6.54 Å². The lowest BCUT2D eigenvalue weighted by molar-refractivity contribution is -0.688. The Labute approximate surface area is 115 Å². The van der Waals surface area contributed by atoms with Crippen molar-refractivity contribution in [3.8, 4) is 0 Å². The van der Waals surface area contributed by atoms with Crippen LogP contribution >= 0.6 is 11.3 Å². The van der Waals surface area contributed by atoms with Crippen LogP contribution in [0.15, 0.2) is 60.9 Å². The number of benzene rings is 1. The maximum atomic E-state index is 4.19. The standard InChI is InChI=1S/C14H13N4S/c1-3-7-12(8-4-1)15-14-17-16-13(19-14)11-18-9-5-2-6-10-18/h1-10H,11H2,(H,15,17)/q+1. The minimum Gasteiger partial charge on any atom is -0.330 e. The number of rotatable bonds is 4. The van der Waals surface area contributed by atoms with E-state index in [4.69, 9.17) is 0 Å². The van der Waals surface area contributed by atoms with Gasteiger partial charge in [0, 0.05) is 17.8 Å². The van der Waals surface area contributed by atoms with Gasteiger partial charge in [-0.1, -0.05) is 35.6 Å². The van der Waals surface area contributed by atoms with Gasteiger partial charge < -0.3 is 5.32 Å². The molecule has 0 saturated carbocycles. The Bertz CT molecular complexity index is 581. The molecule has 3 aromatic rings. The zero-order valence-electron chi connectivity index (χ0n) is 10.2. The molecule has 3 rings (SSSR count). The molecular weight excluding hydrogens is 256 g/mol. The van der Waals surface area contributed by atoms with Crippen LogP contribution in [-0.4, -0.2) is 10.2 Å². The molecule has 5 heteroatoms. The van der Waals surface area contributed by atoms with Crippen molar-refractivity contribution in [3.05, 3.63) is 65.9 Å². The number of pyridine rings is 1. The van der Waals surface area contributed by atoms with E-state index in [0.29, 0.717) is 0 Å². The van der Waals surface area contributed by atoms with Crippen LogP contribution in [-0.2, 0) is 6.54 Å². The predicted molar refractivity (Wildman–Crippen MR) is 75.4 cm³/mol. The van der Waals surface area contributed by atoms with E-state index in [1.807, 2.05) is 60.9 Å². The SMILES string of the molecule is c1ccc(Nc2nnc(C[n+]3ccccc3)s2)cc1. The van der Waals surface area contributed by atoms with Crippen LogP contribution in [0.3, 0.4) is 0 Å². The molecule has 2 aromatic heterocycles. The first-order valence-corrected chi connectivity index (χ1v) is 6.80. The molecule has 0 saturated heterocycles. The highest BCUT2D eigenvalue weighted by molar-refractivity contribution is 7.15. The summed E-state index contributed by atoms with van der Waals surface area (Å²) in [7, 11) is 0. The number of nitrogens with one attached hydrogen (secondary N) is 1. The molecule has 1 N–H and O–H groups in total. The van der Waals surface area contributed by atoms with Crippen LogP contribution in [0, 0.1) is 0 Å². The average Bonchev–Trinajstić information content (AvgIpc) is 2.88. The molecule has 0 bridgehead atoms. The summed E-state index contributed by atoms with van der Waals surface area (Å²) < 4.78 is 2.08. The molecule has 0 atom stereocenters. The maximum absolute atomic E-state index is 4.19. The van der Waals surface area contributed by atoms with Crippen molar-refractivity contribution in [2.75, 3.05) is 5.32 Å². The van der Waals surface area contributed by atoms with Gasteiger partial charge in [-0.15, -0.1) is 10.2 Å². The molecule has 1 aromatic carbocycles. The van der Waals surface area contributed by atoms with Gasteiger partial charge in [-0.25, -0.2) is 0 Å². The van der Waals surface area contributed by atoms with Crippen molar-refractivity contribution in [1.82, 2.24) is 10.2 Å². The molecular formula is C14H13N4S+. The van der Waals surface area contributed by atoms with E-state index >= 15 is 0 Å². The van der Waals surface area contributed by atoms with E-state index in [2.05, 4.69) is 20.1 Å². The van der Waals surface area contributed by atoms with Gasteiger partial charge in [0.15, 0.2) is 17.4 Å². The Kier molecular flexibility index (Phi) is 3.47. The molecule has 0 aliphatic carbocycles. The highest BCUT2D eigenvalue weighted by atomic mass is 32.1. The number of hydrogen-bond acceptors (Lipinski definition) is 4. The zero-order valence-corrected chi connectivity index (χ0v) is 11.0. The minimum absolute atomic E-state index is 0.745. The number of aromatic nitrogens is 3. The van der Waals surface area contributed by atoms with Gasteiger partial charge >= 0.3 is 0 Å². The lowest BCUT2D eigenvalue weighted by atomic mass is 10.3. The van der Waals surface area contributed by atoms with E-state index in [1.54, 1.807) is 11.3 Å². The average molecular weight is 269 g/mol. The molecule has 0 spiro atoms. The van der Waals surface area contributed by atoms with Crippen molar-refractivity contribution >= 4 is 22.2 Å². The van der Waals surface area contributed by atoms with Crippen LogP contribution in [0.2, 0.25) is 0 Å². The fourth-order valence-electron chi connectivity index (χ4n) is 1.71. The zero-order chi connectivity index (χ0) is 12.9. The van der Waals surface area contributed by atoms with Gasteiger partial charge in [0.2, 0.25) is 11.7 Å². The second-order valence-corrected chi connectivity index (χ2v) is 5.10. The van der Waals surface area contributed by atoms with Gasteiger partial charge in [-0.05, 0) is 12.1 Å². The fourth-order valence-corrected chi connectivity index (χ4v) is 2.48. The molecule has 94 valence electrons. The molecule has 0 radical (unpaired) electrons. The first-order valence-electron chi connectivity index (χ1n) is 5.99. The monoisotopic (exact) mass is 269 g/mol. The third-order valence-electron chi connectivity index (χ3n) is 2.59. The lowest BCUT2D eigenvalue weighted by Gasteiger charge is -1.99. The molecule has 4 nitrogen and oxygen atoms in total. The van der Waals surface area contributed by atoms with Crippen LogP contribution < -0.4 is 9.88 Å². The van der Waals surface area contributed by atoms with Crippen molar-refractivity contribution in [1.29, 1.82) is 0 Å². The fraction of sp³-hybridized carbons (Fsp3) is 0.0714. The minimum atomic E-state index is 0.745. The normalized spacial score (nSPS) is 10.3. The van der Waals surface area contributed by atoms with E-state index in [9.17, 15) is 0 Å². The van der Waals surface area contributed by atoms with E-state index in [-0.39, 0.29) is 0 Å². The van der Waals surface area contributed by atoms with Gasteiger partial charge in [0.1, 0.15) is 0 Å². The van der Waals surface area contributed by atoms with Crippen molar-refractivity contribution in [2.24, 2.45) is 0 Å². The van der Waals surface area contributed by atoms with E-state index in [1.165, 1.54) is 0 Å². The summed E-state index contributed by atoms with van der Waals surface area (Å²) in [6.07, 6.45) is 4.04. The largest absolute Gasteiger partial charge is 0.330 e. The lowest BCUT2D eigenvalue weighted by Crippen LogP contribution is -2.32. The maximum Gasteiger partial charge on any atom is 0.210 e. The summed E-state index contributed by atoms with van der Waals surface area (Å²) in [5.74, 6) is 0. The first kappa shape index (κ1) is 11.8. The Morgan fingerprint density at radius 3 is 2.47 bits per heavy atom. The highest BCUT2D eigenvalue weighted by Crippen LogP contribution is 2.19. The van der Waals surface area contributed by atoms with E-state index < -0.39 is 0 Å². The Morgan fingerprint density at radius 1 is 0.947 bits per heavy atom. The summed E-state index contributed by atoms with van der Waals surface area (Å²) in [4.78, 5) is 0. The number of anilines is 2. The Balaban J connectivity index is 1.70. The Morgan fingerprint density at radius 2 is 1.68 bits per heavy atom. The second-order valence-electron chi connectivity index (χ2n) is 4.04. The van der Waals surface area contributed by atoms with Crippen molar-refractivity contribution < 1.29 is 4.57 Å². The van der Waals surface area contributed by atoms with Crippen LogP contribution in [0.1, 0.15) is 5.01 Å². The summed E-state index contributed by atoms with van der Waals surface area (Å²) in [5.41, 5.74) is 1.03. The highest BCUT2D eigenvalue weighted by Gasteiger charge is 2.08. The summed E-state index contributed by atoms with van der Waals surface area (Å²) in [6.45, 7) is 0.745. The predicted octanol–water partition coefficient (Wildman–Crippen LogP) is 2.62. The molecule has 0 aliphatic heterocycles. The third-order valence-corrected chi connectivity index (χ3v) is 3.41. The molecule has 0 aliphatic rings. The van der Waals surface area contributed by atoms with Gasteiger partial charge in [0.05, 0.1) is 0 Å². The third kappa shape index (κ3) is 3.14. The quantitative estimate of drug-likeness (QED) is 0.740. The molecule has 19 heavy (non-hydrogen) atoms. The topological polar surface area (TPSA) is 41.7 Å². The smallest absolute Gasteiger partial charge is 0.210 e. The van der Waals surface area contributed by atoms with Crippen LogP contribution in [0.5, 0.6) is 0 Å². The number of para-hydroxylation sites is 1. The molecule has 0 fully saturated rings. The Hall–Kier alpha value is -2.27. The molecule has 0 amide bonds. The first-order chi connectivity index (χ1) is 9.40. The summed E-state index contributed by atoms with van der Waals surface area (Å²) in [5, 5.41) is 13.4. The van der Waals surface area contributed by atoms with Gasteiger partial charge in [-0.2, -0.15) is 4.57 Å². The number of nitrogens with zero attached hydrogens (tertiary/aromatic N) is 3. The van der Waals surface area contributed by atoms with E-state index in [0.717, 1.165) is 22.4 Å². The van der Waals surface area contributed by atoms with Crippen molar-refractivity contribution in [3.63, 3.8) is 0 Å². The van der Waals surface area contributed by atoms with Gasteiger partial charge in [-0.3, -0.25) is 0 Å². The second kappa shape index (κ2) is 5.58. The van der Waals surface area contributed by atoms with Gasteiger partial charge in [0.25, 0.3) is 0 Å². The summed E-state index contributed by atoms with van der Waals surface area (Å²) >= 11 is 1.57. The molecule has 0 unspecified atom stereocenters. The van der Waals surface area contributed by atoms with Crippen LogP contribution in [0.25, 0.3) is 0 Å². The number of hydrogen-bond donors (Lipinski definition) is 1. The van der Waals surface area contributed by atoms with Crippen LogP contribution in [0.4, 0.5) is 10.8 Å². The molecule has 2 heterocycles. The summed E-state index contributed by atoms with van der Waals surface area (Å²) in [6, 6.07) is 16.0.